The van der Waals surface area contributed by atoms with E-state index in [2.05, 4.69) is 12.2 Å². The fourth-order valence-electron chi connectivity index (χ4n) is 2.59. The molecule has 2 saturated heterocycles. The van der Waals surface area contributed by atoms with Crippen LogP contribution in [0, 0.1) is 5.92 Å². The molecule has 0 aromatic heterocycles. The summed E-state index contributed by atoms with van der Waals surface area (Å²) in [7, 11) is 0. The summed E-state index contributed by atoms with van der Waals surface area (Å²) in [6.07, 6.45) is 2.03. The van der Waals surface area contributed by atoms with Crippen molar-refractivity contribution in [3.63, 3.8) is 0 Å². The van der Waals surface area contributed by atoms with Crippen LogP contribution in [-0.2, 0) is 9.53 Å². The first-order valence-corrected chi connectivity index (χ1v) is 6.45. The van der Waals surface area contributed by atoms with E-state index >= 15 is 0 Å². The van der Waals surface area contributed by atoms with Gasteiger partial charge in [0.25, 0.3) is 0 Å². The fourth-order valence-corrected chi connectivity index (χ4v) is 2.59. The molecule has 17 heavy (non-hydrogen) atoms. The lowest BCUT2D eigenvalue weighted by atomic mass is 9.93. The van der Waals surface area contributed by atoms with E-state index < -0.39 is 0 Å². The lowest BCUT2D eigenvalue weighted by molar-refractivity contribution is -0.144. The van der Waals surface area contributed by atoms with Gasteiger partial charge in [-0.1, -0.05) is 6.92 Å². The van der Waals surface area contributed by atoms with Crippen molar-refractivity contribution in [1.29, 1.82) is 0 Å². The zero-order valence-electron chi connectivity index (χ0n) is 10.4. The number of hydrogen-bond acceptors (Lipinski definition) is 4. The van der Waals surface area contributed by atoms with Crippen molar-refractivity contribution in [1.82, 2.24) is 10.2 Å². The largest absolute Gasteiger partial charge is 0.394 e. The first-order chi connectivity index (χ1) is 8.22. The molecule has 0 aliphatic carbocycles. The van der Waals surface area contributed by atoms with Gasteiger partial charge in [0.1, 0.15) is 0 Å². The van der Waals surface area contributed by atoms with Gasteiger partial charge in [-0.3, -0.25) is 4.79 Å². The average molecular weight is 242 g/mol. The van der Waals surface area contributed by atoms with E-state index in [-0.39, 0.29) is 24.6 Å². The van der Waals surface area contributed by atoms with E-state index in [1.165, 1.54) is 0 Å². The molecular weight excluding hydrogens is 220 g/mol. The monoisotopic (exact) mass is 242 g/mol. The number of piperidine rings is 1. The molecule has 0 aromatic rings. The van der Waals surface area contributed by atoms with Crippen molar-refractivity contribution in [2.75, 3.05) is 32.9 Å². The zero-order valence-corrected chi connectivity index (χ0v) is 10.4. The molecule has 0 radical (unpaired) electrons. The van der Waals surface area contributed by atoms with Gasteiger partial charge in [0.05, 0.1) is 31.9 Å². The molecule has 2 fully saturated rings. The topological polar surface area (TPSA) is 61.8 Å². The summed E-state index contributed by atoms with van der Waals surface area (Å²) >= 11 is 0. The van der Waals surface area contributed by atoms with Crippen molar-refractivity contribution in [2.24, 2.45) is 5.92 Å². The molecule has 1 amide bonds. The predicted molar refractivity (Wildman–Crippen MR) is 63.6 cm³/mol. The van der Waals surface area contributed by atoms with Crippen LogP contribution in [-0.4, -0.2) is 60.9 Å². The highest BCUT2D eigenvalue weighted by molar-refractivity contribution is 5.82. The van der Waals surface area contributed by atoms with Crippen LogP contribution in [0.4, 0.5) is 0 Å². The maximum Gasteiger partial charge on any atom is 0.240 e. The summed E-state index contributed by atoms with van der Waals surface area (Å²) in [5.41, 5.74) is 0. The number of hydrogen-bond donors (Lipinski definition) is 2. The van der Waals surface area contributed by atoms with Crippen LogP contribution in [0.5, 0.6) is 0 Å². The van der Waals surface area contributed by atoms with E-state index in [0.717, 1.165) is 19.4 Å². The minimum absolute atomic E-state index is 0.0198. The Morgan fingerprint density at radius 1 is 1.59 bits per heavy atom. The predicted octanol–water partition coefficient (Wildman–Crippen LogP) is -0.406. The first kappa shape index (κ1) is 12.8. The highest BCUT2D eigenvalue weighted by Crippen LogP contribution is 2.18. The van der Waals surface area contributed by atoms with Crippen LogP contribution in [0.25, 0.3) is 0 Å². The second-order valence-corrected chi connectivity index (χ2v) is 5.08. The van der Waals surface area contributed by atoms with E-state index in [1.807, 2.05) is 0 Å². The fraction of sp³-hybridized carbons (Fsp3) is 0.917. The van der Waals surface area contributed by atoms with E-state index in [1.54, 1.807) is 4.90 Å². The van der Waals surface area contributed by atoms with Gasteiger partial charge in [0.2, 0.25) is 5.91 Å². The van der Waals surface area contributed by atoms with Gasteiger partial charge in [-0.2, -0.15) is 0 Å². The Kier molecular flexibility index (Phi) is 4.36. The lowest BCUT2D eigenvalue weighted by Crippen LogP contribution is -2.57. The molecule has 0 bridgehead atoms. The molecule has 2 N–H and O–H groups in total. The van der Waals surface area contributed by atoms with E-state index in [4.69, 9.17) is 4.74 Å². The number of morpholine rings is 1. The van der Waals surface area contributed by atoms with Gasteiger partial charge in [-0.15, -0.1) is 0 Å². The summed E-state index contributed by atoms with van der Waals surface area (Å²) in [5.74, 6) is 0.720. The third-order valence-electron chi connectivity index (χ3n) is 3.69. The Balaban J connectivity index is 1.97. The smallest absolute Gasteiger partial charge is 0.240 e. The zero-order chi connectivity index (χ0) is 12.3. The van der Waals surface area contributed by atoms with Gasteiger partial charge in [0, 0.05) is 6.54 Å². The highest BCUT2D eigenvalue weighted by Gasteiger charge is 2.33. The molecule has 2 aliphatic rings. The molecule has 2 heterocycles. The first-order valence-electron chi connectivity index (χ1n) is 6.45. The Morgan fingerprint density at radius 2 is 2.41 bits per heavy atom. The molecule has 0 spiro atoms. The van der Waals surface area contributed by atoms with Crippen LogP contribution in [0.15, 0.2) is 0 Å². The van der Waals surface area contributed by atoms with Crippen molar-refractivity contribution in [3.8, 4) is 0 Å². The summed E-state index contributed by atoms with van der Waals surface area (Å²) in [5, 5.41) is 12.5. The van der Waals surface area contributed by atoms with Crippen molar-refractivity contribution < 1.29 is 14.6 Å². The number of carbonyl (C=O) groups is 1. The van der Waals surface area contributed by atoms with Crippen LogP contribution in [0.1, 0.15) is 19.8 Å². The molecule has 5 heteroatoms. The van der Waals surface area contributed by atoms with Crippen LogP contribution >= 0.6 is 0 Å². The summed E-state index contributed by atoms with van der Waals surface area (Å²) in [4.78, 5) is 14.1. The minimum Gasteiger partial charge on any atom is -0.394 e. The van der Waals surface area contributed by atoms with Crippen LogP contribution < -0.4 is 5.32 Å². The molecule has 5 nitrogen and oxygen atoms in total. The van der Waals surface area contributed by atoms with Gasteiger partial charge in [-0.25, -0.2) is 0 Å². The van der Waals surface area contributed by atoms with Gasteiger partial charge in [0.15, 0.2) is 0 Å². The Bertz CT molecular complexity index is 272. The number of aliphatic hydroxyl groups excluding tert-OH is 1. The second-order valence-electron chi connectivity index (χ2n) is 5.08. The summed E-state index contributed by atoms with van der Waals surface area (Å²) < 4.78 is 5.29. The summed E-state index contributed by atoms with van der Waals surface area (Å²) in [6, 6.07) is -0.249. The Labute approximate surface area is 102 Å². The Morgan fingerprint density at radius 3 is 3.12 bits per heavy atom. The van der Waals surface area contributed by atoms with Crippen LogP contribution in [0.3, 0.4) is 0 Å². The van der Waals surface area contributed by atoms with Gasteiger partial charge in [-0.05, 0) is 25.3 Å². The third-order valence-corrected chi connectivity index (χ3v) is 3.69. The maximum absolute atomic E-state index is 12.4. The average Bonchev–Trinajstić information content (AvgIpc) is 2.38. The number of nitrogens with one attached hydrogen (secondary N) is 1. The maximum atomic E-state index is 12.4. The van der Waals surface area contributed by atoms with Crippen molar-refractivity contribution in [2.45, 2.75) is 31.8 Å². The molecule has 3 unspecified atom stereocenters. The number of carbonyl (C=O) groups excluding carboxylic acids is 1. The molecule has 3 atom stereocenters. The number of ether oxygens (including phenoxy) is 1. The third kappa shape index (κ3) is 2.97. The molecular formula is C12H22N2O3. The molecule has 98 valence electrons. The number of amides is 1. The Hall–Kier alpha value is -0.650. The quantitative estimate of drug-likeness (QED) is 0.691. The van der Waals surface area contributed by atoms with Gasteiger partial charge < -0.3 is 20.1 Å². The number of rotatable bonds is 2. The van der Waals surface area contributed by atoms with E-state index in [9.17, 15) is 9.90 Å². The number of aliphatic hydroxyl groups is 1. The molecule has 2 rings (SSSR count). The van der Waals surface area contributed by atoms with Crippen molar-refractivity contribution >= 4 is 5.91 Å². The lowest BCUT2D eigenvalue weighted by Gasteiger charge is -2.38. The van der Waals surface area contributed by atoms with E-state index in [0.29, 0.717) is 25.7 Å². The number of nitrogens with zero attached hydrogens (tertiary/aromatic N) is 1. The second kappa shape index (κ2) is 5.80. The summed E-state index contributed by atoms with van der Waals surface area (Å²) in [6.45, 7) is 4.69. The minimum atomic E-state index is -0.171. The van der Waals surface area contributed by atoms with Crippen LogP contribution in [0.2, 0.25) is 0 Å². The SMILES string of the molecule is CC1CCNC(C(=O)N2CCOCC2CO)C1. The highest BCUT2D eigenvalue weighted by atomic mass is 16.5. The normalized spacial score (nSPS) is 34.7. The molecule has 2 aliphatic heterocycles. The standard InChI is InChI=1S/C12H22N2O3/c1-9-2-3-13-11(6-9)12(16)14-4-5-17-8-10(14)7-15/h9-11,13,15H,2-8H2,1H3. The molecule has 0 saturated carbocycles. The molecule has 0 aromatic carbocycles. The van der Waals surface area contributed by atoms with Crippen molar-refractivity contribution in [3.05, 3.63) is 0 Å². The van der Waals surface area contributed by atoms with Gasteiger partial charge >= 0.3 is 0 Å².